The molecule has 0 aromatic heterocycles. The lowest BCUT2D eigenvalue weighted by molar-refractivity contribution is -0.134. The molecule has 1 aromatic carbocycles. The number of esters is 1. The molecule has 0 aliphatic carbocycles. The van der Waals surface area contributed by atoms with Crippen molar-refractivity contribution in [2.24, 2.45) is 5.92 Å². The summed E-state index contributed by atoms with van der Waals surface area (Å²) in [5.74, 6) is -0.193. The van der Waals surface area contributed by atoms with E-state index in [1.165, 1.54) is 13.2 Å². The van der Waals surface area contributed by atoms with Gasteiger partial charge in [0, 0.05) is 12.5 Å². The first kappa shape index (κ1) is 14.2. The molecule has 0 saturated carbocycles. The fourth-order valence-corrected chi connectivity index (χ4v) is 1.89. The Labute approximate surface area is 107 Å². The van der Waals surface area contributed by atoms with Crippen molar-refractivity contribution in [2.45, 2.75) is 19.3 Å². The van der Waals surface area contributed by atoms with Gasteiger partial charge >= 0.3 is 5.97 Å². The standard InChI is InChI=1S/C15H18O3/c1-12(8-9-15(17)18-2)14(10-11-16)13-6-4-3-5-7-13/h3-9,11-12,14H,10H2,1-2H3/b9-8+/t12-,14-/m1/s1. The van der Waals surface area contributed by atoms with E-state index < -0.39 is 0 Å². The largest absolute Gasteiger partial charge is 0.466 e. The summed E-state index contributed by atoms with van der Waals surface area (Å²) < 4.78 is 4.55. The maximum Gasteiger partial charge on any atom is 0.330 e. The zero-order chi connectivity index (χ0) is 13.4. The van der Waals surface area contributed by atoms with E-state index in [0.29, 0.717) is 6.42 Å². The van der Waals surface area contributed by atoms with Gasteiger partial charge in [-0.1, -0.05) is 43.3 Å². The first-order valence-corrected chi connectivity index (χ1v) is 5.93. The van der Waals surface area contributed by atoms with Gasteiger partial charge in [0.1, 0.15) is 6.29 Å². The Morgan fingerprint density at radius 1 is 1.33 bits per heavy atom. The molecule has 18 heavy (non-hydrogen) atoms. The van der Waals surface area contributed by atoms with Crippen LogP contribution in [0.1, 0.15) is 24.8 Å². The van der Waals surface area contributed by atoms with Crippen molar-refractivity contribution >= 4 is 12.3 Å². The van der Waals surface area contributed by atoms with Crippen LogP contribution >= 0.6 is 0 Å². The number of carbonyl (C=O) groups is 2. The molecule has 0 heterocycles. The van der Waals surface area contributed by atoms with Crippen molar-refractivity contribution in [3.63, 3.8) is 0 Å². The predicted molar refractivity (Wildman–Crippen MR) is 70.2 cm³/mol. The van der Waals surface area contributed by atoms with Gasteiger partial charge in [-0.25, -0.2) is 4.79 Å². The number of aldehydes is 1. The third kappa shape index (κ3) is 4.17. The molecule has 1 rings (SSSR count). The molecule has 0 unspecified atom stereocenters. The molecule has 0 aliphatic rings. The Bertz CT molecular complexity index is 409. The summed E-state index contributed by atoms with van der Waals surface area (Å²) in [4.78, 5) is 21.8. The van der Waals surface area contributed by atoms with Gasteiger partial charge in [-0.05, 0) is 17.4 Å². The molecule has 0 N–H and O–H groups in total. The van der Waals surface area contributed by atoms with Crippen molar-refractivity contribution in [3.05, 3.63) is 48.0 Å². The lowest BCUT2D eigenvalue weighted by Gasteiger charge is -2.19. The zero-order valence-corrected chi connectivity index (χ0v) is 10.7. The fourth-order valence-electron chi connectivity index (χ4n) is 1.89. The van der Waals surface area contributed by atoms with Gasteiger partial charge in [-0.15, -0.1) is 0 Å². The topological polar surface area (TPSA) is 43.4 Å². The van der Waals surface area contributed by atoms with Gasteiger partial charge in [0.15, 0.2) is 0 Å². The number of allylic oxidation sites excluding steroid dienone is 1. The Hall–Kier alpha value is -1.90. The number of methoxy groups -OCH3 is 1. The highest BCUT2D eigenvalue weighted by molar-refractivity contribution is 5.81. The third-order valence-corrected chi connectivity index (χ3v) is 2.95. The molecule has 3 heteroatoms. The van der Waals surface area contributed by atoms with Crippen LogP contribution < -0.4 is 0 Å². The van der Waals surface area contributed by atoms with Crippen LogP contribution in [0.2, 0.25) is 0 Å². The van der Waals surface area contributed by atoms with E-state index in [1.807, 2.05) is 37.3 Å². The summed E-state index contributed by atoms with van der Waals surface area (Å²) in [5.41, 5.74) is 1.10. The molecule has 0 aliphatic heterocycles. The van der Waals surface area contributed by atoms with E-state index in [-0.39, 0.29) is 17.8 Å². The van der Waals surface area contributed by atoms with E-state index in [0.717, 1.165) is 11.8 Å². The highest BCUT2D eigenvalue weighted by atomic mass is 16.5. The number of benzene rings is 1. The summed E-state index contributed by atoms with van der Waals surface area (Å²) in [6, 6.07) is 9.83. The second-order valence-corrected chi connectivity index (χ2v) is 4.16. The average Bonchev–Trinajstić information content (AvgIpc) is 2.42. The van der Waals surface area contributed by atoms with Crippen molar-refractivity contribution in [3.8, 4) is 0 Å². The molecule has 3 nitrogen and oxygen atoms in total. The molecule has 0 spiro atoms. The Morgan fingerprint density at radius 2 is 2.00 bits per heavy atom. The van der Waals surface area contributed by atoms with E-state index in [9.17, 15) is 9.59 Å². The van der Waals surface area contributed by atoms with Gasteiger partial charge in [0.2, 0.25) is 0 Å². The fraction of sp³-hybridized carbons (Fsp3) is 0.333. The van der Waals surface area contributed by atoms with Crippen LogP contribution in [0.3, 0.4) is 0 Å². The van der Waals surface area contributed by atoms with Crippen LogP contribution in [0.25, 0.3) is 0 Å². The lowest BCUT2D eigenvalue weighted by Crippen LogP contribution is -2.09. The molecule has 96 valence electrons. The summed E-state index contributed by atoms with van der Waals surface area (Å²) >= 11 is 0. The first-order chi connectivity index (χ1) is 8.69. The average molecular weight is 246 g/mol. The molecule has 1 aromatic rings. The number of hydrogen-bond acceptors (Lipinski definition) is 3. The van der Waals surface area contributed by atoms with Crippen LogP contribution in [0.15, 0.2) is 42.5 Å². The maximum absolute atomic E-state index is 11.1. The first-order valence-electron chi connectivity index (χ1n) is 5.93. The van der Waals surface area contributed by atoms with Crippen LogP contribution in [0.4, 0.5) is 0 Å². The van der Waals surface area contributed by atoms with Crippen LogP contribution in [0.5, 0.6) is 0 Å². The number of rotatable bonds is 6. The second-order valence-electron chi connectivity index (χ2n) is 4.16. The van der Waals surface area contributed by atoms with Crippen molar-refractivity contribution < 1.29 is 14.3 Å². The Morgan fingerprint density at radius 3 is 2.56 bits per heavy atom. The lowest BCUT2D eigenvalue weighted by atomic mass is 9.85. The van der Waals surface area contributed by atoms with Crippen LogP contribution in [0, 0.1) is 5.92 Å². The zero-order valence-electron chi connectivity index (χ0n) is 10.7. The van der Waals surface area contributed by atoms with Gasteiger partial charge in [0.25, 0.3) is 0 Å². The van der Waals surface area contributed by atoms with E-state index in [4.69, 9.17) is 0 Å². The molecule has 0 radical (unpaired) electrons. The monoisotopic (exact) mass is 246 g/mol. The molecule has 0 bridgehead atoms. The summed E-state index contributed by atoms with van der Waals surface area (Å²) in [6.45, 7) is 1.99. The minimum Gasteiger partial charge on any atom is -0.466 e. The van der Waals surface area contributed by atoms with Gasteiger partial charge in [-0.2, -0.15) is 0 Å². The Balaban J connectivity index is 2.82. The minimum atomic E-state index is -0.375. The van der Waals surface area contributed by atoms with E-state index in [1.54, 1.807) is 6.08 Å². The van der Waals surface area contributed by atoms with E-state index >= 15 is 0 Å². The normalized spacial score (nSPS) is 14.1. The van der Waals surface area contributed by atoms with Crippen LogP contribution in [-0.2, 0) is 14.3 Å². The highest BCUT2D eigenvalue weighted by Crippen LogP contribution is 2.28. The van der Waals surface area contributed by atoms with Crippen molar-refractivity contribution in [1.82, 2.24) is 0 Å². The van der Waals surface area contributed by atoms with Gasteiger partial charge in [-0.3, -0.25) is 0 Å². The highest BCUT2D eigenvalue weighted by Gasteiger charge is 2.16. The van der Waals surface area contributed by atoms with Crippen LogP contribution in [-0.4, -0.2) is 19.4 Å². The van der Waals surface area contributed by atoms with Crippen molar-refractivity contribution in [1.29, 1.82) is 0 Å². The number of ether oxygens (including phenoxy) is 1. The second kappa shape index (κ2) is 7.43. The predicted octanol–water partition coefficient (Wildman–Crippen LogP) is 2.72. The summed E-state index contributed by atoms with van der Waals surface area (Å²) in [5, 5.41) is 0. The van der Waals surface area contributed by atoms with Gasteiger partial charge < -0.3 is 9.53 Å². The number of carbonyl (C=O) groups excluding carboxylic acids is 2. The van der Waals surface area contributed by atoms with Gasteiger partial charge in [0.05, 0.1) is 7.11 Å². The minimum absolute atomic E-state index is 0.0876. The maximum atomic E-state index is 11.1. The summed E-state index contributed by atoms with van der Waals surface area (Å²) in [6.07, 6.45) is 4.55. The van der Waals surface area contributed by atoms with Crippen molar-refractivity contribution in [2.75, 3.05) is 7.11 Å². The number of hydrogen-bond donors (Lipinski definition) is 0. The molecule has 0 amide bonds. The smallest absolute Gasteiger partial charge is 0.330 e. The summed E-state index contributed by atoms with van der Waals surface area (Å²) in [7, 11) is 1.34. The molecule has 0 fully saturated rings. The quantitative estimate of drug-likeness (QED) is 0.440. The SMILES string of the molecule is COC(=O)/C=C/[C@@H](C)[C@@H](CC=O)c1ccccc1. The molecule has 0 saturated heterocycles. The molecule has 2 atom stereocenters. The molecular formula is C15H18O3. The third-order valence-electron chi connectivity index (χ3n) is 2.95. The Kier molecular flexibility index (Phi) is 5.85. The molecular weight excluding hydrogens is 228 g/mol. The van der Waals surface area contributed by atoms with E-state index in [2.05, 4.69) is 4.74 Å².